The summed E-state index contributed by atoms with van der Waals surface area (Å²) in [5.74, 6) is 0.816. The fourth-order valence-electron chi connectivity index (χ4n) is 1.90. The van der Waals surface area contributed by atoms with Crippen molar-refractivity contribution in [1.82, 2.24) is 0 Å². The molecule has 0 heterocycles. The van der Waals surface area contributed by atoms with E-state index in [9.17, 15) is 13.2 Å². The van der Waals surface area contributed by atoms with Crippen LogP contribution in [0.1, 0.15) is 6.92 Å². The molecule has 0 fully saturated rings. The summed E-state index contributed by atoms with van der Waals surface area (Å²) in [6, 6.07) is 12.6. The van der Waals surface area contributed by atoms with Gasteiger partial charge in [0.15, 0.2) is 6.61 Å². The van der Waals surface area contributed by atoms with Crippen molar-refractivity contribution in [2.45, 2.75) is 11.8 Å². The van der Waals surface area contributed by atoms with Gasteiger partial charge in [-0.2, -0.15) is 0 Å². The van der Waals surface area contributed by atoms with Crippen LogP contribution in [-0.2, 0) is 14.8 Å². The summed E-state index contributed by atoms with van der Waals surface area (Å²) in [5.41, 5.74) is 0.321. The molecule has 0 aromatic heterocycles. The standard InChI is InChI=1S/C16H18N2O5S/c1-2-22-13-6-8-14(9-7-13)23-11-16(19)18-12-4-3-5-15(10-12)24(17,20)21/h3-10H,2,11H2,1H3,(H,18,19)(H2,17,20,21). The number of rotatable bonds is 7. The van der Waals surface area contributed by atoms with Gasteiger partial charge in [-0.3, -0.25) is 4.79 Å². The first-order valence-electron chi connectivity index (χ1n) is 7.17. The van der Waals surface area contributed by atoms with E-state index < -0.39 is 15.9 Å². The van der Waals surface area contributed by atoms with E-state index in [0.29, 0.717) is 23.8 Å². The molecule has 2 rings (SSSR count). The summed E-state index contributed by atoms with van der Waals surface area (Å²) in [4.78, 5) is 11.8. The van der Waals surface area contributed by atoms with Gasteiger partial charge in [0.2, 0.25) is 10.0 Å². The molecule has 2 aromatic carbocycles. The molecule has 0 aliphatic heterocycles. The molecular weight excluding hydrogens is 332 g/mol. The number of amides is 1. The SMILES string of the molecule is CCOc1ccc(OCC(=O)Nc2cccc(S(N)(=O)=O)c2)cc1. The molecule has 0 radical (unpaired) electrons. The summed E-state index contributed by atoms with van der Waals surface area (Å²) in [6.45, 7) is 2.24. The zero-order valence-electron chi connectivity index (χ0n) is 13.1. The van der Waals surface area contributed by atoms with Crippen LogP contribution in [0, 0.1) is 0 Å². The minimum absolute atomic E-state index is 0.0762. The van der Waals surface area contributed by atoms with Gasteiger partial charge in [0.1, 0.15) is 11.5 Å². The molecule has 0 bridgehead atoms. The van der Waals surface area contributed by atoms with Gasteiger partial charge in [-0.1, -0.05) is 6.07 Å². The molecule has 0 aliphatic carbocycles. The highest BCUT2D eigenvalue weighted by Crippen LogP contribution is 2.18. The zero-order chi connectivity index (χ0) is 17.6. The molecule has 0 unspecified atom stereocenters. The summed E-state index contributed by atoms with van der Waals surface area (Å²) >= 11 is 0. The van der Waals surface area contributed by atoms with E-state index in [0.717, 1.165) is 0 Å². The molecule has 7 nitrogen and oxygen atoms in total. The van der Waals surface area contributed by atoms with Crippen molar-refractivity contribution in [3.05, 3.63) is 48.5 Å². The molecule has 8 heteroatoms. The van der Waals surface area contributed by atoms with Crippen molar-refractivity contribution in [3.63, 3.8) is 0 Å². The number of benzene rings is 2. The van der Waals surface area contributed by atoms with Crippen LogP contribution in [0.15, 0.2) is 53.4 Å². The number of nitrogens with one attached hydrogen (secondary N) is 1. The van der Waals surface area contributed by atoms with Crippen LogP contribution in [0.2, 0.25) is 0 Å². The van der Waals surface area contributed by atoms with Crippen molar-refractivity contribution >= 4 is 21.6 Å². The van der Waals surface area contributed by atoms with Crippen molar-refractivity contribution in [2.24, 2.45) is 5.14 Å². The van der Waals surface area contributed by atoms with Crippen LogP contribution in [0.25, 0.3) is 0 Å². The first kappa shape index (κ1) is 17.8. The number of sulfonamides is 1. The van der Waals surface area contributed by atoms with Gasteiger partial charge in [-0.25, -0.2) is 13.6 Å². The van der Waals surface area contributed by atoms with Crippen molar-refractivity contribution in [1.29, 1.82) is 0 Å². The van der Waals surface area contributed by atoms with Crippen LogP contribution in [0.5, 0.6) is 11.5 Å². The van der Waals surface area contributed by atoms with Gasteiger partial charge in [0.25, 0.3) is 5.91 Å². The number of anilines is 1. The maximum atomic E-state index is 11.9. The van der Waals surface area contributed by atoms with E-state index in [1.54, 1.807) is 30.3 Å². The van der Waals surface area contributed by atoms with Crippen molar-refractivity contribution in [2.75, 3.05) is 18.5 Å². The number of carbonyl (C=O) groups excluding carboxylic acids is 1. The molecule has 0 atom stereocenters. The number of ether oxygens (including phenoxy) is 2. The molecule has 24 heavy (non-hydrogen) atoms. The Morgan fingerprint density at radius 2 is 1.71 bits per heavy atom. The second kappa shape index (κ2) is 7.80. The lowest BCUT2D eigenvalue weighted by Gasteiger charge is -2.09. The molecule has 0 saturated carbocycles. The Kier molecular flexibility index (Phi) is 5.78. The largest absolute Gasteiger partial charge is 0.494 e. The minimum atomic E-state index is -3.82. The maximum Gasteiger partial charge on any atom is 0.262 e. The zero-order valence-corrected chi connectivity index (χ0v) is 13.9. The van der Waals surface area contributed by atoms with Crippen LogP contribution in [0.3, 0.4) is 0 Å². The molecule has 0 saturated heterocycles. The van der Waals surface area contributed by atoms with E-state index in [1.807, 2.05) is 6.92 Å². The molecule has 128 valence electrons. The Morgan fingerprint density at radius 1 is 1.08 bits per heavy atom. The highest BCUT2D eigenvalue weighted by molar-refractivity contribution is 7.89. The first-order valence-corrected chi connectivity index (χ1v) is 8.71. The summed E-state index contributed by atoms with van der Waals surface area (Å²) in [6.07, 6.45) is 0. The predicted octanol–water partition coefficient (Wildman–Crippen LogP) is 1.75. The topological polar surface area (TPSA) is 108 Å². The van der Waals surface area contributed by atoms with Crippen LogP contribution in [-0.4, -0.2) is 27.5 Å². The maximum absolute atomic E-state index is 11.9. The van der Waals surface area contributed by atoms with Crippen LogP contribution >= 0.6 is 0 Å². The lowest BCUT2D eigenvalue weighted by Crippen LogP contribution is -2.20. The Morgan fingerprint density at radius 3 is 2.29 bits per heavy atom. The van der Waals surface area contributed by atoms with E-state index in [1.165, 1.54) is 18.2 Å². The second-order valence-corrected chi connectivity index (χ2v) is 6.38. The highest BCUT2D eigenvalue weighted by Gasteiger charge is 2.10. The van der Waals surface area contributed by atoms with E-state index >= 15 is 0 Å². The van der Waals surface area contributed by atoms with Crippen LogP contribution in [0.4, 0.5) is 5.69 Å². The molecule has 0 aliphatic rings. The number of nitrogens with two attached hydrogens (primary N) is 1. The Bertz CT molecular complexity index is 803. The quantitative estimate of drug-likeness (QED) is 0.791. The first-order chi connectivity index (χ1) is 11.4. The van der Waals surface area contributed by atoms with Gasteiger partial charge in [0, 0.05) is 5.69 Å². The van der Waals surface area contributed by atoms with Crippen molar-refractivity contribution in [3.8, 4) is 11.5 Å². The lowest BCUT2D eigenvalue weighted by atomic mass is 10.3. The average Bonchev–Trinajstić information content (AvgIpc) is 2.54. The minimum Gasteiger partial charge on any atom is -0.494 e. The fraction of sp³-hybridized carbons (Fsp3) is 0.188. The normalized spacial score (nSPS) is 10.9. The Balaban J connectivity index is 1.91. The fourth-order valence-corrected chi connectivity index (χ4v) is 2.46. The summed E-state index contributed by atoms with van der Waals surface area (Å²) in [7, 11) is -3.82. The molecule has 2 aromatic rings. The van der Waals surface area contributed by atoms with E-state index in [2.05, 4.69) is 5.32 Å². The highest BCUT2D eigenvalue weighted by atomic mass is 32.2. The van der Waals surface area contributed by atoms with E-state index in [-0.39, 0.29) is 11.5 Å². The lowest BCUT2D eigenvalue weighted by molar-refractivity contribution is -0.118. The molecule has 1 amide bonds. The smallest absolute Gasteiger partial charge is 0.262 e. The summed E-state index contributed by atoms with van der Waals surface area (Å²) < 4.78 is 33.2. The van der Waals surface area contributed by atoms with Gasteiger partial charge in [-0.15, -0.1) is 0 Å². The third-order valence-electron chi connectivity index (χ3n) is 2.95. The van der Waals surface area contributed by atoms with Gasteiger partial charge >= 0.3 is 0 Å². The number of primary sulfonamides is 1. The molecule has 0 spiro atoms. The predicted molar refractivity (Wildman–Crippen MR) is 89.6 cm³/mol. The van der Waals surface area contributed by atoms with Crippen molar-refractivity contribution < 1.29 is 22.7 Å². The Labute approximate surface area is 140 Å². The van der Waals surface area contributed by atoms with Crippen LogP contribution < -0.4 is 19.9 Å². The molecule has 3 N–H and O–H groups in total. The second-order valence-electron chi connectivity index (χ2n) is 4.81. The summed E-state index contributed by atoms with van der Waals surface area (Å²) in [5, 5.41) is 7.60. The van der Waals surface area contributed by atoms with Gasteiger partial charge in [-0.05, 0) is 49.4 Å². The third kappa shape index (κ3) is 5.25. The number of hydrogen-bond acceptors (Lipinski definition) is 5. The van der Waals surface area contributed by atoms with Gasteiger partial charge < -0.3 is 14.8 Å². The monoisotopic (exact) mass is 350 g/mol. The average molecular weight is 350 g/mol. The number of carbonyl (C=O) groups is 1. The number of hydrogen-bond donors (Lipinski definition) is 2. The van der Waals surface area contributed by atoms with Gasteiger partial charge in [0.05, 0.1) is 11.5 Å². The van der Waals surface area contributed by atoms with E-state index in [4.69, 9.17) is 14.6 Å². The third-order valence-corrected chi connectivity index (χ3v) is 3.86. The Hall–Kier alpha value is -2.58. The molecular formula is C16H18N2O5S.